The van der Waals surface area contributed by atoms with Crippen molar-refractivity contribution in [3.8, 4) is 0 Å². The average Bonchev–Trinajstić information content (AvgIpc) is 2.51. The Balaban J connectivity index is 2.58. The SMILES string of the molecule is CCCCCCCC(=O)N[C@@H](C[S+]=P(O)(O)O)c1ccccc1. The van der Waals surface area contributed by atoms with E-state index in [0.717, 1.165) is 24.8 Å². The van der Waals surface area contributed by atoms with Crippen molar-refractivity contribution in [1.82, 2.24) is 5.32 Å². The fourth-order valence-corrected chi connectivity index (χ4v) is 3.91. The smallest absolute Gasteiger partial charge is 0.344 e. The van der Waals surface area contributed by atoms with Crippen molar-refractivity contribution in [1.29, 1.82) is 0 Å². The van der Waals surface area contributed by atoms with Gasteiger partial charge in [-0.2, -0.15) is 0 Å². The van der Waals surface area contributed by atoms with E-state index in [0.29, 0.717) is 17.4 Å². The number of unbranched alkanes of at least 4 members (excludes halogenated alkanes) is 4. The molecule has 4 N–H and O–H groups in total. The number of benzene rings is 1. The quantitative estimate of drug-likeness (QED) is 0.293. The third-order valence-corrected chi connectivity index (χ3v) is 5.77. The van der Waals surface area contributed by atoms with Crippen LogP contribution >= 0.6 is 6.72 Å². The summed E-state index contributed by atoms with van der Waals surface area (Å²) in [6, 6.07) is 9.00. The van der Waals surface area contributed by atoms with Gasteiger partial charge in [-0.25, -0.2) is 0 Å². The van der Waals surface area contributed by atoms with Gasteiger partial charge in [0.05, 0.1) is 0 Å². The normalized spacial score (nSPS) is 12.7. The number of carbonyl (C=O) groups is 1. The molecule has 23 heavy (non-hydrogen) atoms. The topological polar surface area (TPSA) is 89.8 Å². The minimum atomic E-state index is -3.90. The molecular weight excluding hydrogens is 333 g/mol. The maximum atomic E-state index is 12.1. The third-order valence-electron chi connectivity index (χ3n) is 3.46. The van der Waals surface area contributed by atoms with Gasteiger partial charge < -0.3 is 5.32 Å². The van der Waals surface area contributed by atoms with Crippen LogP contribution in [0.3, 0.4) is 0 Å². The van der Waals surface area contributed by atoms with Crippen LogP contribution in [0.25, 0.3) is 0 Å². The summed E-state index contributed by atoms with van der Waals surface area (Å²) in [4.78, 5) is 39.5. The molecule has 1 aromatic carbocycles. The Hall–Kier alpha value is -0.780. The molecule has 5 nitrogen and oxygen atoms in total. The van der Waals surface area contributed by atoms with Crippen LogP contribution in [0.2, 0.25) is 0 Å². The van der Waals surface area contributed by atoms with Gasteiger partial charge >= 0.3 is 6.72 Å². The summed E-state index contributed by atoms with van der Waals surface area (Å²) in [6.07, 6.45) is 5.89. The van der Waals surface area contributed by atoms with Crippen molar-refractivity contribution in [3.63, 3.8) is 0 Å². The molecule has 1 atom stereocenters. The van der Waals surface area contributed by atoms with Crippen molar-refractivity contribution in [2.45, 2.75) is 51.5 Å². The molecule has 0 saturated heterocycles. The summed E-state index contributed by atoms with van der Waals surface area (Å²) >= 11 is 0. The number of carbonyl (C=O) groups excluding carboxylic acids is 1. The molecule has 7 heteroatoms. The molecule has 0 saturated carbocycles. The first kappa shape index (κ1) is 20.3. The summed E-state index contributed by atoms with van der Waals surface area (Å²) in [5.41, 5.74) is 0.882. The van der Waals surface area contributed by atoms with E-state index >= 15 is 0 Å². The summed E-state index contributed by atoms with van der Waals surface area (Å²) in [5.74, 6) is 0.164. The third kappa shape index (κ3) is 9.84. The van der Waals surface area contributed by atoms with Crippen LogP contribution < -0.4 is 5.32 Å². The van der Waals surface area contributed by atoms with Gasteiger partial charge in [0.1, 0.15) is 6.04 Å². The van der Waals surface area contributed by atoms with Gasteiger partial charge in [-0.15, -0.1) is 0 Å². The Morgan fingerprint density at radius 1 is 1.13 bits per heavy atom. The minimum absolute atomic E-state index is 0.0475. The summed E-state index contributed by atoms with van der Waals surface area (Å²) in [7, 11) is 0.676. The molecule has 0 radical (unpaired) electrons. The molecule has 1 amide bonds. The van der Waals surface area contributed by atoms with E-state index in [1.165, 1.54) is 12.8 Å². The minimum Gasteiger partial charge on any atom is -0.344 e. The molecule has 0 unspecified atom stereocenters. The van der Waals surface area contributed by atoms with Gasteiger partial charge in [0.2, 0.25) is 22.6 Å². The van der Waals surface area contributed by atoms with E-state index in [1.807, 2.05) is 30.3 Å². The van der Waals surface area contributed by atoms with E-state index < -0.39 is 6.72 Å². The van der Waals surface area contributed by atoms with Crippen LogP contribution in [0.5, 0.6) is 0 Å². The molecular formula is C16H27NO4PS+. The molecule has 0 aliphatic rings. The average molecular weight is 360 g/mol. The Morgan fingerprint density at radius 3 is 2.39 bits per heavy atom. The lowest BCUT2D eigenvalue weighted by Crippen LogP contribution is -2.30. The number of hydrogen-bond acceptors (Lipinski definition) is 1. The van der Waals surface area contributed by atoms with E-state index in [1.54, 1.807) is 0 Å². The predicted octanol–water partition coefficient (Wildman–Crippen LogP) is 2.94. The Labute approximate surface area is 142 Å². The van der Waals surface area contributed by atoms with Gasteiger partial charge in [-0.3, -0.25) is 19.5 Å². The maximum Gasteiger partial charge on any atom is 0.515 e. The van der Waals surface area contributed by atoms with Gasteiger partial charge in [0.15, 0.2) is 0 Å². The zero-order valence-corrected chi connectivity index (χ0v) is 15.2. The largest absolute Gasteiger partial charge is 0.515 e. The molecule has 0 aliphatic heterocycles. The molecule has 0 fully saturated rings. The monoisotopic (exact) mass is 360 g/mol. The summed E-state index contributed by atoms with van der Waals surface area (Å²) in [6.45, 7) is -1.75. The highest BCUT2D eigenvalue weighted by Gasteiger charge is 2.25. The van der Waals surface area contributed by atoms with E-state index in [9.17, 15) is 4.79 Å². The van der Waals surface area contributed by atoms with Crippen LogP contribution in [0.15, 0.2) is 30.3 Å². The lowest BCUT2D eigenvalue weighted by molar-refractivity contribution is -0.121. The highest BCUT2D eigenvalue weighted by atomic mass is 32.5. The van der Waals surface area contributed by atoms with Gasteiger partial charge in [-0.05, 0) is 12.0 Å². The zero-order valence-electron chi connectivity index (χ0n) is 13.5. The van der Waals surface area contributed by atoms with E-state index in [-0.39, 0.29) is 17.7 Å². The first-order valence-corrected chi connectivity index (χ1v) is 11.2. The highest BCUT2D eigenvalue weighted by Crippen LogP contribution is 2.32. The molecule has 1 aromatic rings. The standard InChI is InChI=1S/C16H26NO4PS/c1-2-3-4-5-9-12-16(18)17-15(13-23-22(19,20)21)14-10-7-6-8-11-14/h6-8,10-11,15H,2-5,9,12-13H2,1H3,(H3-,17,18,19,20,21)/p+1/t15-/m0/s1. The van der Waals surface area contributed by atoms with Crippen LogP contribution in [0.4, 0.5) is 0 Å². The lowest BCUT2D eigenvalue weighted by Gasteiger charge is -2.14. The lowest BCUT2D eigenvalue weighted by atomic mass is 10.1. The second-order valence-corrected chi connectivity index (χ2v) is 9.37. The number of nitrogens with one attached hydrogen (secondary N) is 1. The zero-order chi connectivity index (χ0) is 17.1. The van der Waals surface area contributed by atoms with Gasteiger partial charge in [0, 0.05) is 6.42 Å². The molecule has 0 bridgehead atoms. The van der Waals surface area contributed by atoms with Gasteiger partial charge in [0.25, 0.3) is 0 Å². The fraction of sp³-hybridized carbons (Fsp3) is 0.562. The number of hydrogen-bond donors (Lipinski definition) is 4. The highest BCUT2D eigenvalue weighted by molar-refractivity contribution is 8.16. The van der Waals surface area contributed by atoms with Crippen LogP contribution in [0, 0.1) is 0 Å². The van der Waals surface area contributed by atoms with E-state index in [4.69, 9.17) is 14.7 Å². The molecule has 1 rings (SSSR count). The number of amides is 1. The first-order valence-electron chi connectivity index (χ1n) is 7.98. The predicted molar refractivity (Wildman–Crippen MR) is 96.5 cm³/mol. The molecule has 0 heterocycles. The molecule has 0 aliphatic carbocycles. The second-order valence-electron chi connectivity index (χ2n) is 5.50. The van der Waals surface area contributed by atoms with Crippen molar-refractivity contribution in [2.75, 3.05) is 5.75 Å². The van der Waals surface area contributed by atoms with Crippen molar-refractivity contribution < 1.29 is 19.5 Å². The van der Waals surface area contributed by atoms with E-state index in [2.05, 4.69) is 12.2 Å². The van der Waals surface area contributed by atoms with Crippen molar-refractivity contribution in [2.24, 2.45) is 0 Å². The van der Waals surface area contributed by atoms with Gasteiger partial charge in [-0.1, -0.05) is 62.9 Å². The molecule has 0 spiro atoms. The maximum absolute atomic E-state index is 12.1. The van der Waals surface area contributed by atoms with Crippen LogP contribution in [0.1, 0.15) is 57.1 Å². The number of rotatable bonds is 10. The van der Waals surface area contributed by atoms with Crippen molar-refractivity contribution in [3.05, 3.63) is 35.9 Å². The molecule has 0 aromatic heterocycles. The van der Waals surface area contributed by atoms with Crippen molar-refractivity contribution >= 4 is 23.6 Å². The summed E-state index contributed by atoms with van der Waals surface area (Å²) < 4.78 is 0. The Kier molecular flexibility index (Phi) is 9.60. The molecule has 130 valence electrons. The first-order chi connectivity index (χ1) is 10.9. The van der Waals surface area contributed by atoms with Crippen LogP contribution in [-0.4, -0.2) is 26.3 Å². The van der Waals surface area contributed by atoms with Crippen LogP contribution in [-0.2, 0) is 15.7 Å². The Morgan fingerprint density at radius 2 is 1.78 bits per heavy atom. The fourth-order valence-electron chi connectivity index (χ4n) is 2.24. The summed E-state index contributed by atoms with van der Waals surface area (Å²) in [5, 5.41) is 2.92. The Bertz CT molecular complexity index is 510. The second kappa shape index (κ2) is 10.9.